The molecular weight excluding hydrogens is 410 g/mol. The Kier molecular flexibility index (Phi) is 6.77. The van der Waals surface area contributed by atoms with Crippen LogP contribution in [0.25, 0.3) is 0 Å². The van der Waals surface area contributed by atoms with Gasteiger partial charge in [0.25, 0.3) is 0 Å². The van der Waals surface area contributed by atoms with Crippen LogP contribution in [0.4, 0.5) is 0 Å². The van der Waals surface area contributed by atoms with Gasteiger partial charge in [-0.25, -0.2) is 13.1 Å². The summed E-state index contributed by atoms with van der Waals surface area (Å²) in [6.45, 7) is 2.14. The summed E-state index contributed by atoms with van der Waals surface area (Å²) in [7, 11) is -3.58. The molecule has 0 aromatic heterocycles. The van der Waals surface area contributed by atoms with Gasteiger partial charge in [0.1, 0.15) is 5.76 Å². The van der Waals surface area contributed by atoms with Gasteiger partial charge in [-0.2, -0.15) is 0 Å². The summed E-state index contributed by atoms with van der Waals surface area (Å²) >= 11 is 5.80. The van der Waals surface area contributed by atoms with E-state index in [0.717, 1.165) is 11.1 Å². The van der Waals surface area contributed by atoms with Crippen LogP contribution < -0.4 is 4.72 Å². The van der Waals surface area contributed by atoms with Crippen molar-refractivity contribution in [1.29, 1.82) is 0 Å². The van der Waals surface area contributed by atoms with Gasteiger partial charge in [-0.3, -0.25) is 4.79 Å². The molecule has 1 aliphatic carbocycles. The van der Waals surface area contributed by atoms with Crippen molar-refractivity contribution in [2.24, 2.45) is 5.92 Å². The fourth-order valence-electron chi connectivity index (χ4n) is 3.60. The molecule has 0 saturated carbocycles. The van der Waals surface area contributed by atoms with Crippen molar-refractivity contribution < 1.29 is 18.3 Å². The fraction of sp³-hybridized carbons (Fsp3) is 0.318. The minimum absolute atomic E-state index is 0.0303. The number of nitrogens with one attached hydrogen (secondary N) is 1. The number of ketones is 1. The van der Waals surface area contributed by atoms with E-state index in [1.54, 1.807) is 12.1 Å². The molecule has 1 unspecified atom stereocenters. The van der Waals surface area contributed by atoms with Gasteiger partial charge in [-0.05, 0) is 54.7 Å². The maximum absolute atomic E-state index is 12.3. The van der Waals surface area contributed by atoms with E-state index in [4.69, 9.17) is 11.6 Å². The molecule has 2 N–H and O–H groups in total. The Hall–Kier alpha value is -2.15. The van der Waals surface area contributed by atoms with Crippen molar-refractivity contribution in [1.82, 2.24) is 4.72 Å². The first-order valence-corrected chi connectivity index (χ1v) is 11.4. The molecule has 0 fully saturated rings. The van der Waals surface area contributed by atoms with Crippen LogP contribution in [0.3, 0.4) is 0 Å². The van der Waals surface area contributed by atoms with E-state index in [2.05, 4.69) is 4.72 Å². The Morgan fingerprint density at radius 2 is 1.83 bits per heavy atom. The predicted molar refractivity (Wildman–Crippen MR) is 114 cm³/mol. The highest BCUT2D eigenvalue weighted by Crippen LogP contribution is 2.32. The second-order valence-corrected chi connectivity index (χ2v) is 9.37. The van der Waals surface area contributed by atoms with Gasteiger partial charge in [0.15, 0.2) is 5.78 Å². The molecule has 2 aromatic carbocycles. The van der Waals surface area contributed by atoms with Crippen molar-refractivity contribution in [2.45, 2.75) is 37.5 Å². The fourth-order valence-corrected chi connectivity index (χ4v) is 4.76. The molecule has 0 spiro atoms. The average molecular weight is 434 g/mol. The van der Waals surface area contributed by atoms with Gasteiger partial charge in [-0.15, -0.1) is 0 Å². The Morgan fingerprint density at radius 3 is 2.48 bits per heavy atom. The van der Waals surface area contributed by atoms with Crippen LogP contribution in [0.5, 0.6) is 0 Å². The molecule has 0 heterocycles. The van der Waals surface area contributed by atoms with Crippen LogP contribution in [0.1, 0.15) is 30.9 Å². The van der Waals surface area contributed by atoms with E-state index in [-0.39, 0.29) is 28.9 Å². The number of aliphatic hydroxyl groups excluding tert-OH is 1. The first kappa shape index (κ1) is 21.6. The largest absolute Gasteiger partial charge is 0.512 e. The van der Waals surface area contributed by atoms with E-state index in [0.29, 0.717) is 36.3 Å². The summed E-state index contributed by atoms with van der Waals surface area (Å²) in [5.74, 6) is 0.0810. The first-order valence-electron chi connectivity index (χ1n) is 9.58. The van der Waals surface area contributed by atoms with Gasteiger partial charge < -0.3 is 5.11 Å². The number of aliphatic hydroxyl groups is 1. The molecule has 29 heavy (non-hydrogen) atoms. The Bertz CT molecular complexity index is 1030. The number of halogens is 1. The van der Waals surface area contributed by atoms with Crippen LogP contribution in [-0.2, 0) is 27.7 Å². The number of sulfonamides is 1. The Balaban J connectivity index is 1.60. The summed E-state index contributed by atoms with van der Waals surface area (Å²) < 4.78 is 27.3. The third-order valence-electron chi connectivity index (χ3n) is 5.12. The summed E-state index contributed by atoms with van der Waals surface area (Å²) in [6.07, 6.45) is 2.02. The molecule has 7 heteroatoms. The van der Waals surface area contributed by atoms with E-state index >= 15 is 0 Å². The molecule has 0 aliphatic heterocycles. The second-order valence-electron chi connectivity index (χ2n) is 7.17. The maximum Gasteiger partial charge on any atom is 0.240 e. The van der Waals surface area contributed by atoms with E-state index in [1.807, 2.05) is 31.2 Å². The van der Waals surface area contributed by atoms with Crippen LogP contribution in [0, 0.1) is 5.92 Å². The number of hydrogen-bond acceptors (Lipinski definition) is 4. The minimum Gasteiger partial charge on any atom is -0.512 e. The lowest BCUT2D eigenvalue weighted by molar-refractivity contribution is -0.115. The third kappa shape index (κ3) is 5.26. The number of carbonyl (C=O) groups excluding carboxylic acids is 1. The SMILES string of the molecule is CCC1=C(O)C(Cc2cccc(CCNS(=O)(=O)c3ccc(Cl)cc3)c2)CC1=O. The molecule has 0 radical (unpaired) electrons. The monoisotopic (exact) mass is 433 g/mol. The van der Waals surface area contributed by atoms with Crippen molar-refractivity contribution in [3.8, 4) is 0 Å². The van der Waals surface area contributed by atoms with Gasteiger partial charge in [0, 0.05) is 29.5 Å². The molecule has 1 aliphatic rings. The van der Waals surface area contributed by atoms with Gasteiger partial charge in [0.2, 0.25) is 10.0 Å². The lowest BCUT2D eigenvalue weighted by atomic mass is 9.96. The molecule has 2 aromatic rings. The highest BCUT2D eigenvalue weighted by atomic mass is 35.5. The summed E-state index contributed by atoms with van der Waals surface area (Å²) in [6, 6.07) is 13.8. The number of Topliss-reactive ketones (excluding diaryl/α,β-unsaturated/α-hetero) is 1. The standard InChI is InChI=1S/C22H24ClNO4S/c1-2-20-21(25)14-17(22(20)26)13-16-5-3-4-15(12-16)10-11-24-29(27,28)19-8-6-18(23)7-9-19/h3-9,12,17,24,26H,2,10-11,13-14H2,1H3. The third-order valence-corrected chi connectivity index (χ3v) is 6.85. The number of allylic oxidation sites excluding steroid dienone is 2. The molecular formula is C22H24ClNO4S. The number of carbonyl (C=O) groups is 1. The maximum atomic E-state index is 12.3. The summed E-state index contributed by atoms with van der Waals surface area (Å²) in [4.78, 5) is 12.1. The smallest absolute Gasteiger partial charge is 0.240 e. The van der Waals surface area contributed by atoms with E-state index in [9.17, 15) is 18.3 Å². The lowest BCUT2D eigenvalue weighted by Crippen LogP contribution is -2.26. The first-order chi connectivity index (χ1) is 13.8. The van der Waals surface area contributed by atoms with Crippen LogP contribution in [0.2, 0.25) is 5.02 Å². The van der Waals surface area contributed by atoms with Crippen molar-refractivity contribution in [3.05, 3.63) is 76.0 Å². The quantitative estimate of drug-likeness (QED) is 0.653. The molecule has 154 valence electrons. The molecule has 5 nitrogen and oxygen atoms in total. The summed E-state index contributed by atoms with van der Waals surface area (Å²) in [5.41, 5.74) is 2.55. The van der Waals surface area contributed by atoms with Gasteiger partial charge in [-0.1, -0.05) is 42.8 Å². The molecule has 0 saturated heterocycles. The van der Waals surface area contributed by atoms with E-state index < -0.39 is 10.0 Å². The zero-order chi connectivity index (χ0) is 21.0. The van der Waals surface area contributed by atoms with Crippen molar-refractivity contribution in [3.63, 3.8) is 0 Å². The van der Waals surface area contributed by atoms with Gasteiger partial charge >= 0.3 is 0 Å². The second kappa shape index (κ2) is 9.11. The normalized spacial score (nSPS) is 17.2. The zero-order valence-electron chi connectivity index (χ0n) is 16.2. The number of rotatable bonds is 8. The topological polar surface area (TPSA) is 83.5 Å². The summed E-state index contributed by atoms with van der Waals surface area (Å²) in [5, 5.41) is 10.8. The Morgan fingerprint density at radius 1 is 1.14 bits per heavy atom. The average Bonchev–Trinajstić information content (AvgIpc) is 2.95. The lowest BCUT2D eigenvalue weighted by Gasteiger charge is -2.12. The van der Waals surface area contributed by atoms with Crippen LogP contribution in [0.15, 0.2) is 64.8 Å². The van der Waals surface area contributed by atoms with Crippen molar-refractivity contribution in [2.75, 3.05) is 6.54 Å². The van der Waals surface area contributed by atoms with E-state index in [1.165, 1.54) is 12.1 Å². The highest BCUT2D eigenvalue weighted by Gasteiger charge is 2.31. The molecule has 1 atom stereocenters. The van der Waals surface area contributed by atoms with Crippen LogP contribution in [-0.4, -0.2) is 25.9 Å². The minimum atomic E-state index is -3.58. The molecule has 3 rings (SSSR count). The predicted octanol–water partition coefficient (Wildman–Crippen LogP) is 4.21. The van der Waals surface area contributed by atoms with Crippen molar-refractivity contribution >= 4 is 27.4 Å². The Labute approximate surface area is 176 Å². The van der Waals surface area contributed by atoms with Crippen LogP contribution >= 0.6 is 11.6 Å². The highest BCUT2D eigenvalue weighted by molar-refractivity contribution is 7.89. The van der Waals surface area contributed by atoms with Gasteiger partial charge in [0.05, 0.1) is 4.90 Å². The zero-order valence-corrected chi connectivity index (χ0v) is 17.8. The molecule has 0 amide bonds. The number of hydrogen-bond donors (Lipinski definition) is 2. The number of benzene rings is 2. The molecule has 0 bridgehead atoms.